The topological polar surface area (TPSA) is 43.1 Å². The van der Waals surface area contributed by atoms with Gasteiger partial charge < -0.3 is 5.73 Å². The van der Waals surface area contributed by atoms with E-state index in [0.29, 0.717) is 11.3 Å². The van der Waals surface area contributed by atoms with Gasteiger partial charge in [0.25, 0.3) is 0 Å². The highest BCUT2D eigenvalue weighted by Crippen LogP contribution is 2.25. The van der Waals surface area contributed by atoms with Gasteiger partial charge in [0.15, 0.2) is 5.78 Å². The Bertz CT molecular complexity index is 488. The van der Waals surface area contributed by atoms with E-state index in [-0.39, 0.29) is 5.78 Å². The molecule has 15 heavy (non-hydrogen) atoms. The normalized spacial score (nSPS) is 10.2. The van der Waals surface area contributed by atoms with Gasteiger partial charge in [-0.15, -0.1) is 0 Å². The Morgan fingerprint density at radius 2 is 2.07 bits per heavy atom. The van der Waals surface area contributed by atoms with Crippen molar-refractivity contribution in [1.29, 1.82) is 0 Å². The fourth-order valence-corrected chi connectivity index (χ4v) is 2.13. The summed E-state index contributed by atoms with van der Waals surface area (Å²) in [6.45, 7) is 1.53. The summed E-state index contributed by atoms with van der Waals surface area (Å²) in [5.41, 5.74) is 9.03. The molecule has 0 unspecified atom stereocenters. The van der Waals surface area contributed by atoms with Gasteiger partial charge in [0, 0.05) is 11.3 Å². The van der Waals surface area contributed by atoms with Crippen molar-refractivity contribution < 1.29 is 4.79 Å². The predicted molar refractivity (Wildman–Crippen MR) is 64.2 cm³/mol. The van der Waals surface area contributed by atoms with Gasteiger partial charge in [-0.25, -0.2) is 0 Å². The third-order valence-electron chi connectivity index (χ3n) is 2.29. The Morgan fingerprint density at radius 3 is 2.67 bits per heavy atom. The second kappa shape index (κ2) is 3.87. The molecule has 2 rings (SSSR count). The number of Topliss-reactive ketones (excluding diaryl/α,β-unsaturated/α-hetero) is 1. The Balaban J connectivity index is 2.52. The number of benzene rings is 1. The Hall–Kier alpha value is -1.61. The van der Waals surface area contributed by atoms with Crippen molar-refractivity contribution in [2.24, 2.45) is 0 Å². The molecule has 0 aliphatic rings. The second-order valence-electron chi connectivity index (χ2n) is 3.37. The maximum atomic E-state index is 11.3. The van der Waals surface area contributed by atoms with E-state index >= 15 is 0 Å². The Morgan fingerprint density at radius 1 is 1.27 bits per heavy atom. The van der Waals surface area contributed by atoms with Crippen LogP contribution in [0.25, 0.3) is 11.1 Å². The molecular formula is C12H11NOS. The molecule has 0 fully saturated rings. The molecule has 0 saturated carbocycles. The van der Waals surface area contributed by atoms with E-state index in [9.17, 15) is 4.79 Å². The molecule has 76 valence electrons. The van der Waals surface area contributed by atoms with Gasteiger partial charge in [0.05, 0.1) is 0 Å². The molecule has 1 aromatic heterocycles. The summed E-state index contributed by atoms with van der Waals surface area (Å²) in [6.07, 6.45) is 0. The van der Waals surface area contributed by atoms with Crippen molar-refractivity contribution in [3.63, 3.8) is 0 Å². The molecule has 0 aliphatic heterocycles. The van der Waals surface area contributed by atoms with E-state index in [0.717, 1.165) is 11.1 Å². The first-order chi connectivity index (χ1) is 7.18. The Kier molecular flexibility index (Phi) is 2.56. The number of carbonyl (C=O) groups is 1. The second-order valence-corrected chi connectivity index (χ2v) is 4.15. The highest BCUT2D eigenvalue weighted by Gasteiger charge is 2.06. The van der Waals surface area contributed by atoms with Gasteiger partial charge in [-0.3, -0.25) is 4.79 Å². The quantitative estimate of drug-likeness (QED) is 0.620. The molecule has 2 aromatic rings. The predicted octanol–water partition coefficient (Wildman–Crippen LogP) is 3.20. The first-order valence-electron chi connectivity index (χ1n) is 4.61. The van der Waals surface area contributed by atoms with E-state index < -0.39 is 0 Å². The first-order valence-corrected chi connectivity index (χ1v) is 5.56. The SMILES string of the molecule is CC(=O)c1cc(-c2ccsc2)ccc1N. The average Bonchev–Trinajstić information content (AvgIpc) is 2.71. The monoisotopic (exact) mass is 217 g/mol. The van der Waals surface area contributed by atoms with Crippen molar-refractivity contribution in [2.45, 2.75) is 6.92 Å². The van der Waals surface area contributed by atoms with Crippen molar-refractivity contribution in [3.05, 3.63) is 40.6 Å². The van der Waals surface area contributed by atoms with E-state index in [4.69, 9.17) is 5.73 Å². The summed E-state index contributed by atoms with van der Waals surface area (Å²) < 4.78 is 0. The molecule has 2 nitrogen and oxygen atoms in total. The summed E-state index contributed by atoms with van der Waals surface area (Å²) in [5.74, 6) is 0.00424. The maximum absolute atomic E-state index is 11.3. The lowest BCUT2D eigenvalue weighted by atomic mass is 10.0. The molecule has 0 spiro atoms. The van der Waals surface area contributed by atoms with Crippen LogP contribution in [-0.4, -0.2) is 5.78 Å². The lowest BCUT2D eigenvalue weighted by Gasteiger charge is -2.04. The van der Waals surface area contributed by atoms with Crippen LogP contribution in [0.15, 0.2) is 35.0 Å². The van der Waals surface area contributed by atoms with Crippen LogP contribution in [0.3, 0.4) is 0 Å². The van der Waals surface area contributed by atoms with Crippen molar-refractivity contribution in [1.82, 2.24) is 0 Å². The number of thiophene rings is 1. The minimum atomic E-state index is 0.00424. The highest BCUT2D eigenvalue weighted by molar-refractivity contribution is 7.08. The molecule has 0 aliphatic carbocycles. The third kappa shape index (κ3) is 1.92. The molecule has 1 heterocycles. The van der Waals surface area contributed by atoms with E-state index in [1.165, 1.54) is 6.92 Å². The third-order valence-corrected chi connectivity index (χ3v) is 2.97. The minimum Gasteiger partial charge on any atom is -0.398 e. The summed E-state index contributed by atoms with van der Waals surface area (Å²) in [7, 11) is 0. The summed E-state index contributed by atoms with van der Waals surface area (Å²) in [5, 5.41) is 4.06. The number of rotatable bonds is 2. The number of anilines is 1. The van der Waals surface area contributed by atoms with E-state index in [1.54, 1.807) is 17.4 Å². The smallest absolute Gasteiger partial charge is 0.161 e. The van der Waals surface area contributed by atoms with Gasteiger partial charge in [0.1, 0.15) is 0 Å². The zero-order chi connectivity index (χ0) is 10.8. The van der Waals surface area contributed by atoms with Crippen LogP contribution in [0.5, 0.6) is 0 Å². The van der Waals surface area contributed by atoms with Crippen LogP contribution in [0.2, 0.25) is 0 Å². The molecule has 1 aromatic carbocycles. The molecule has 2 N–H and O–H groups in total. The van der Waals surface area contributed by atoms with E-state index in [1.807, 2.05) is 23.6 Å². The number of hydrogen-bond donors (Lipinski definition) is 1. The van der Waals surface area contributed by atoms with Crippen LogP contribution in [0.1, 0.15) is 17.3 Å². The van der Waals surface area contributed by atoms with Gasteiger partial charge in [-0.1, -0.05) is 6.07 Å². The Labute approximate surface area is 92.4 Å². The fraction of sp³-hybridized carbons (Fsp3) is 0.0833. The first kappa shape index (κ1) is 9.93. The minimum absolute atomic E-state index is 0.00424. The van der Waals surface area contributed by atoms with Gasteiger partial charge >= 0.3 is 0 Å². The molecule has 0 amide bonds. The maximum Gasteiger partial charge on any atom is 0.161 e. The van der Waals surface area contributed by atoms with Crippen molar-refractivity contribution in [2.75, 3.05) is 5.73 Å². The highest BCUT2D eigenvalue weighted by atomic mass is 32.1. The average molecular weight is 217 g/mol. The van der Waals surface area contributed by atoms with Crippen LogP contribution >= 0.6 is 11.3 Å². The molecule has 0 atom stereocenters. The summed E-state index contributed by atoms with van der Waals surface area (Å²) in [6, 6.07) is 7.59. The number of nitrogen functional groups attached to an aromatic ring is 1. The standard InChI is InChI=1S/C12H11NOS/c1-8(14)11-6-9(2-3-12(11)13)10-4-5-15-7-10/h2-7H,13H2,1H3. The van der Waals surface area contributed by atoms with E-state index in [2.05, 4.69) is 5.38 Å². The number of ketones is 1. The zero-order valence-corrected chi connectivity index (χ0v) is 9.17. The van der Waals surface area contributed by atoms with Gasteiger partial charge in [0.2, 0.25) is 0 Å². The fourth-order valence-electron chi connectivity index (χ4n) is 1.47. The van der Waals surface area contributed by atoms with Crippen LogP contribution < -0.4 is 5.73 Å². The molecule has 3 heteroatoms. The van der Waals surface area contributed by atoms with Crippen LogP contribution in [-0.2, 0) is 0 Å². The summed E-state index contributed by atoms with van der Waals surface area (Å²) >= 11 is 1.64. The number of carbonyl (C=O) groups excluding carboxylic acids is 1. The van der Waals surface area contributed by atoms with Crippen LogP contribution in [0, 0.1) is 0 Å². The van der Waals surface area contributed by atoms with Gasteiger partial charge in [-0.2, -0.15) is 11.3 Å². The van der Waals surface area contributed by atoms with Crippen molar-refractivity contribution in [3.8, 4) is 11.1 Å². The lowest BCUT2D eigenvalue weighted by molar-refractivity contribution is 0.101. The molecule has 0 radical (unpaired) electrons. The molecular weight excluding hydrogens is 206 g/mol. The van der Waals surface area contributed by atoms with Crippen LogP contribution in [0.4, 0.5) is 5.69 Å². The molecule has 0 saturated heterocycles. The molecule has 0 bridgehead atoms. The lowest BCUT2D eigenvalue weighted by Crippen LogP contribution is -1.99. The number of hydrogen-bond acceptors (Lipinski definition) is 3. The number of nitrogens with two attached hydrogens (primary N) is 1. The largest absolute Gasteiger partial charge is 0.398 e. The zero-order valence-electron chi connectivity index (χ0n) is 8.36. The van der Waals surface area contributed by atoms with Gasteiger partial charge in [-0.05, 0) is 47.0 Å². The summed E-state index contributed by atoms with van der Waals surface area (Å²) in [4.78, 5) is 11.3. The van der Waals surface area contributed by atoms with Crippen molar-refractivity contribution >= 4 is 22.8 Å².